The van der Waals surface area contributed by atoms with Crippen LogP contribution in [-0.4, -0.2) is 11.9 Å². The zero-order chi connectivity index (χ0) is 14.3. The first-order chi connectivity index (χ1) is 9.48. The smallest absolute Gasteiger partial charge is 0.220 e. The first kappa shape index (κ1) is 14.1. The van der Waals surface area contributed by atoms with Crippen LogP contribution in [0.15, 0.2) is 22.7 Å². The molecule has 0 radical (unpaired) electrons. The Labute approximate surface area is 129 Å². The lowest BCUT2D eigenvalue weighted by Crippen LogP contribution is -2.42. The van der Waals surface area contributed by atoms with Crippen molar-refractivity contribution in [3.05, 3.63) is 33.8 Å². The van der Waals surface area contributed by atoms with Gasteiger partial charge in [-0.2, -0.15) is 0 Å². The third-order valence-corrected chi connectivity index (χ3v) is 5.39. The minimum Gasteiger partial charge on any atom is -0.353 e. The summed E-state index contributed by atoms with van der Waals surface area (Å²) in [5.74, 6) is 0.873. The summed E-state index contributed by atoms with van der Waals surface area (Å²) in [6.07, 6.45) is 5.08. The maximum atomic E-state index is 12.0. The number of amides is 1. The second-order valence-corrected chi connectivity index (χ2v) is 7.79. The normalized spacial score (nSPS) is 28.8. The summed E-state index contributed by atoms with van der Waals surface area (Å²) < 4.78 is 1.16. The standard InChI is InChI=1S/C17H22BrNO/c1-11(2)7-15-17(10-16(20)19-15)6-5-12-8-14(18)4-3-13(12)9-17/h3-4,8,11,15H,5-7,9-10H2,1-2H3,(H,19,20). The lowest BCUT2D eigenvalue weighted by atomic mass is 9.66. The predicted octanol–water partition coefficient (Wildman–Crippen LogP) is 3.86. The number of carbonyl (C=O) groups excluding carboxylic acids is 1. The minimum absolute atomic E-state index is 0.155. The molecular weight excluding hydrogens is 314 g/mol. The van der Waals surface area contributed by atoms with Crippen LogP contribution in [0, 0.1) is 11.3 Å². The molecule has 2 aliphatic rings. The Kier molecular flexibility index (Phi) is 3.65. The molecule has 3 heteroatoms. The number of benzene rings is 1. The van der Waals surface area contributed by atoms with Crippen molar-refractivity contribution in [3.8, 4) is 0 Å². The summed E-state index contributed by atoms with van der Waals surface area (Å²) in [5, 5.41) is 3.24. The van der Waals surface area contributed by atoms with Gasteiger partial charge in [-0.1, -0.05) is 35.8 Å². The first-order valence-electron chi connectivity index (χ1n) is 7.55. The molecular formula is C17H22BrNO. The van der Waals surface area contributed by atoms with Gasteiger partial charge in [-0.05, 0) is 54.9 Å². The van der Waals surface area contributed by atoms with Crippen molar-refractivity contribution in [2.45, 2.75) is 52.0 Å². The van der Waals surface area contributed by atoms with E-state index in [1.165, 1.54) is 11.1 Å². The lowest BCUT2D eigenvalue weighted by Gasteiger charge is -2.39. The number of carbonyl (C=O) groups is 1. The van der Waals surface area contributed by atoms with Crippen LogP contribution in [0.25, 0.3) is 0 Å². The van der Waals surface area contributed by atoms with Crippen LogP contribution in [0.4, 0.5) is 0 Å². The van der Waals surface area contributed by atoms with E-state index in [0.29, 0.717) is 18.4 Å². The monoisotopic (exact) mass is 335 g/mol. The molecule has 0 aromatic heterocycles. The Morgan fingerprint density at radius 3 is 2.90 bits per heavy atom. The summed E-state index contributed by atoms with van der Waals surface area (Å²) in [5.41, 5.74) is 3.04. The van der Waals surface area contributed by atoms with Gasteiger partial charge in [0.2, 0.25) is 5.91 Å². The van der Waals surface area contributed by atoms with Crippen LogP contribution in [0.3, 0.4) is 0 Å². The molecule has 1 aromatic rings. The molecule has 2 atom stereocenters. The molecule has 1 heterocycles. The number of aryl methyl sites for hydroxylation is 1. The predicted molar refractivity (Wildman–Crippen MR) is 84.6 cm³/mol. The van der Waals surface area contributed by atoms with Crippen molar-refractivity contribution in [2.24, 2.45) is 11.3 Å². The fourth-order valence-corrected chi connectivity index (χ4v) is 4.33. The molecule has 20 heavy (non-hydrogen) atoms. The summed E-state index contributed by atoms with van der Waals surface area (Å²) in [6.45, 7) is 4.48. The van der Waals surface area contributed by atoms with Crippen LogP contribution in [0.5, 0.6) is 0 Å². The lowest BCUT2D eigenvalue weighted by molar-refractivity contribution is -0.119. The van der Waals surface area contributed by atoms with E-state index in [1.54, 1.807) is 0 Å². The fraction of sp³-hybridized carbons (Fsp3) is 0.588. The van der Waals surface area contributed by atoms with E-state index >= 15 is 0 Å². The quantitative estimate of drug-likeness (QED) is 0.873. The Morgan fingerprint density at radius 1 is 1.35 bits per heavy atom. The van der Waals surface area contributed by atoms with Gasteiger partial charge in [0, 0.05) is 22.4 Å². The van der Waals surface area contributed by atoms with E-state index in [0.717, 1.165) is 30.2 Å². The van der Waals surface area contributed by atoms with Crippen molar-refractivity contribution in [1.29, 1.82) is 0 Å². The van der Waals surface area contributed by atoms with E-state index in [2.05, 4.69) is 53.3 Å². The Hall–Kier alpha value is -0.830. The molecule has 1 aromatic carbocycles. The molecule has 0 saturated carbocycles. The molecule has 1 N–H and O–H groups in total. The first-order valence-corrected chi connectivity index (χ1v) is 8.34. The highest BCUT2D eigenvalue weighted by molar-refractivity contribution is 9.10. The SMILES string of the molecule is CC(C)CC1NC(=O)CC12CCc1cc(Br)ccc1C2. The van der Waals surface area contributed by atoms with E-state index in [9.17, 15) is 4.79 Å². The third-order valence-electron chi connectivity index (χ3n) is 4.90. The van der Waals surface area contributed by atoms with Gasteiger partial charge < -0.3 is 5.32 Å². The zero-order valence-electron chi connectivity index (χ0n) is 12.2. The molecule has 1 aliphatic carbocycles. The van der Waals surface area contributed by atoms with Crippen LogP contribution in [0.1, 0.15) is 44.2 Å². The Morgan fingerprint density at radius 2 is 2.15 bits per heavy atom. The molecule has 1 aliphatic heterocycles. The Balaban J connectivity index is 1.89. The van der Waals surface area contributed by atoms with E-state index in [4.69, 9.17) is 0 Å². The molecule has 1 amide bonds. The number of nitrogens with one attached hydrogen (secondary N) is 1. The van der Waals surface area contributed by atoms with Crippen LogP contribution >= 0.6 is 15.9 Å². The highest BCUT2D eigenvalue weighted by Crippen LogP contribution is 2.46. The van der Waals surface area contributed by atoms with Crippen molar-refractivity contribution in [1.82, 2.24) is 5.32 Å². The van der Waals surface area contributed by atoms with E-state index in [1.807, 2.05) is 0 Å². The van der Waals surface area contributed by atoms with Crippen molar-refractivity contribution in [2.75, 3.05) is 0 Å². The van der Waals surface area contributed by atoms with Gasteiger partial charge in [0.05, 0.1) is 0 Å². The summed E-state index contributed by atoms with van der Waals surface area (Å²) in [4.78, 5) is 12.0. The van der Waals surface area contributed by atoms with Crippen LogP contribution in [0.2, 0.25) is 0 Å². The largest absolute Gasteiger partial charge is 0.353 e. The molecule has 1 spiro atoms. The minimum atomic E-state index is 0.155. The molecule has 2 nitrogen and oxygen atoms in total. The van der Waals surface area contributed by atoms with Gasteiger partial charge in [-0.25, -0.2) is 0 Å². The topological polar surface area (TPSA) is 29.1 Å². The van der Waals surface area contributed by atoms with Gasteiger partial charge in [0.1, 0.15) is 0 Å². The van der Waals surface area contributed by atoms with E-state index in [-0.39, 0.29) is 11.3 Å². The number of hydrogen-bond donors (Lipinski definition) is 1. The van der Waals surface area contributed by atoms with E-state index < -0.39 is 0 Å². The second-order valence-electron chi connectivity index (χ2n) is 6.88. The maximum absolute atomic E-state index is 12.0. The maximum Gasteiger partial charge on any atom is 0.220 e. The second kappa shape index (κ2) is 5.18. The number of hydrogen-bond acceptors (Lipinski definition) is 1. The van der Waals surface area contributed by atoms with Gasteiger partial charge >= 0.3 is 0 Å². The van der Waals surface area contributed by atoms with Gasteiger partial charge in [0.25, 0.3) is 0 Å². The molecule has 1 fully saturated rings. The van der Waals surface area contributed by atoms with Gasteiger partial charge in [-0.15, -0.1) is 0 Å². The molecule has 0 bridgehead atoms. The molecule has 2 unspecified atom stereocenters. The summed E-state index contributed by atoms with van der Waals surface area (Å²) >= 11 is 3.55. The highest BCUT2D eigenvalue weighted by atomic mass is 79.9. The van der Waals surface area contributed by atoms with Crippen molar-refractivity contribution >= 4 is 21.8 Å². The molecule has 3 rings (SSSR count). The average molecular weight is 336 g/mol. The van der Waals surface area contributed by atoms with Crippen molar-refractivity contribution < 1.29 is 4.79 Å². The van der Waals surface area contributed by atoms with Crippen LogP contribution < -0.4 is 5.32 Å². The number of rotatable bonds is 2. The molecule has 108 valence electrons. The van der Waals surface area contributed by atoms with Crippen LogP contribution in [-0.2, 0) is 17.6 Å². The highest BCUT2D eigenvalue weighted by Gasteiger charge is 2.48. The Bertz CT molecular complexity index is 540. The fourth-order valence-electron chi connectivity index (χ4n) is 3.92. The third kappa shape index (κ3) is 2.52. The zero-order valence-corrected chi connectivity index (χ0v) is 13.8. The summed E-state index contributed by atoms with van der Waals surface area (Å²) in [7, 11) is 0. The molecule has 1 saturated heterocycles. The average Bonchev–Trinajstić information content (AvgIpc) is 2.65. The van der Waals surface area contributed by atoms with Crippen molar-refractivity contribution in [3.63, 3.8) is 0 Å². The van der Waals surface area contributed by atoms with Gasteiger partial charge in [0.15, 0.2) is 0 Å². The number of fused-ring (bicyclic) bond motifs is 1. The van der Waals surface area contributed by atoms with Gasteiger partial charge in [-0.3, -0.25) is 4.79 Å². The number of halogens is 1. The summed E-state index contributed by atoms with van der Waals surface area (Å²) in [6, 6.07) is 6.95.